The van der Waals surface area contributed by atoms with Crippen molar-refractivity contribution in [1.29, 1.82) is 0 Å². The monoisotopic (exact) mass is 873 g/mol. The average molecular weight is 874 g/mol. The number of nitrogens with zero attached hydrogens (tertiary/aromatic N) is 1. The minimum atomic E-state index is 0.0153. The van der Waals surface area contributed by atoms with Crippen LogP contribution in [-0.4, -0.2) is 4.57 Å². The van der Waals surface area contributed by atoms with Gasteiger partial charge >= 0.3 is 0 Å². The van der Waals surface area contributed by atoms with E-state index in [-0.39, 0.29) is 10.8 Å². The summed E-state index contributed by atoms with van der Waals surface area (Å²) in [6.07, 6.45) is 0. The van der Waals surface area contributed by atoms with E-state index in [1.54, 1.807) is 0 Å². The molecule has 0 bridgehead atoms. The highest BCUT2D eigenvalue weighted by Gasteiger charge is 2.26. The molecular formula is C66H51NO. The van der Waals surface area contributed by atoms with E-state index in [0.717, 1.165) is 33.1 Å². The molecule has 0 atom stereocenters. The first-order chi connectivity index (χ1) is 33.0. The molecule has 2 aromatic heterocycles. The number of aromatic nitrogens is 1. The van der Waals surface area contributed by atoms with Gasteiger partial charge in [-0.05, 0) is 113 Å². The molecule has 11 aromatic carbocycles. The van der Waals surface area contributed by atoms with Gasteiger partial charge in [0, 0.05) is 43.4 Å². The van der Waals surface area contributed by atoms with E-state index in [0.29, 0.717) is 0 Å². The molecule has 68 heavy (non-hydrogen) atoms. The molecule has 0 aliphatic rings. The molecule has 0 saturated heterocycles. The van der Waals surface area contributed by atoms with Crippen molar-refractivity contribution in [3.8, 4) is 39.1 Å². The fourth-order valence-electron chi connectivity index (χ4n) is 11.3. The number of para-hydroxylation sites is 1. The summed E-state index contributed by atoms with van der Waals surface area (Å²) in [4.78, 5) is 0. The third-order valence-electron chi connectivity index (χ3n) is 14.7. The Kier molecular flexibility index (Phi) is 8.77. The van der Waals surface area contributed by atoms with E-state index in [2.05, 4.69) is 246 Å². The molecule has 0 radical (unpaired) electrons. The van der Waals surface area contributed by atoms with E-state index >= 15 is 0 Å². The Balaban J connectivity index is 1.06. The Morgan fingerprint density at radius 2 is 0.765 bits per heavy atom. The van der Waals surface area contributed by atoms with Crippen LogP contribution in [0.15, 0.2) is 205 Å². The van der Waals surface area contributed by atoms with Crippen molar-refractivity contribution in [2.75, 3.05) is 0 Å². The lowest BCUT2D eigenvalue weighted by Gasteiger charge is -2.21. The normalized spacial score (nSPS) is 12.6. The van der Waals surface area contributed by atoms with Gasteiger partial charge in [0.15, 0.2) is 0 Å². The maximum atomic E-state index is 7.20. The molecule has 0 N–H and O–H groups in total. The molecule has 2 heterocycles. The van der Waals surface area contributed by atoms with Crippen LogP contribution in [0.3, 0.4) is 0 Å². The predicted octanol–water partition coefficient (Wildman–Crippen LogP) is 18.9. The molecular weight excluding hydrogens is 823 g/mol. The number of furan rings is 1. The predicted molar refractivity (Wildman–Crippen MR) is 292 cm³/mol. The Bertz CT molecular complexity index is 4020. The van der Waals surface area contributed by atoms with Crippen molar-refractivity contribution in [1.82, 2.24) is 4.57 Å². The minimum absolute atomic E-state index is 0.0153. The van der Waals surface area contributed by atoms with Gasteiger partial charge in [-0.3, -0.25) is 0 Å². The summed E-state index contributed by atoms with van der Waals surface area (Å²) in [5.41, 5.74) is 15.2. The van der Waals surface area contributed by atoms with Crippen LogP contribution in [-0.2, 0) is 10.8 Å². The second-order valence-corrected chi connectivity index (χ2v) is 20.8. The number of hydrogen-bond acceptors (Lipinski definition) is 1. The highest BCUT2D eigenvalue weighted by Crippen LogP contribution is 2.49. The third kappa shape index (κ3) is 6.03. The van der Waals surface area contributed by atoms with Crippen LogP contribution in [0.1, 0.15) is 52.7 Å². The number of fused-ring (bicyclic) bond motifs is 10. The number of rotatable bonds is 4. The molecule has 2 heteroatoms. The van der Waals surface area contributed by atoms with E-state index in [9.17, 15) is 0 Å². The van der Waals surface area contributed by atoms with Crippen LogP contribution in [0, 0.1) is 0 Å². The van der Waals surface area contributed by atoms with Gasteiger partial charge in [-0.1, -0.05) is 205 Å². The maximum Gasteiger partial charge on any atom is 0.143 e. The smallest absolute Gasteiger partial charge is 0.143 e. The summed E-state index contributed by atoms with van der Waals surface area (Å²) >= 11 is 0. The average Bonchev–Trinajstić information content (AvgIpc) is 3.89. The highest BCUT2D eigenvalue weighted by molar-refractivity contribution is 6.25. The second-order valence-electron chi connectivity index (χ2n) is 20.8. The lowest BCUT2D eigenvalue weighted by Crippen LogP contribution is -2.10. The lowest BCUT2D eigenvalue weighted by atomic mass is 9.85. The molecule has 0 saturated carbocycles. The van der Waals surface area contributed by atoms with Crippen molar-refractivity contribution >= 4 is 86.8 Å². The van der Waals surface area contributed by atoms with Gasteiger partial charge in [-0.2, -0.15) is 0 Å². The van der Waals surface area contributed by atoms with Crippen molar-refractivity contribution in [3.05, 3.63) is 211 Å². The van der Waals surface area contributed by atoms with E-state index < -0.39 is 0 Å². The molecule has 13 rings (SSSR count). The zero-order valence-corrected chi connectivity index (χ0v) is 39.4. The molecule has 0 fully saturated rings. The molecule has 0 amide bonds. The van der Waals surface area contributed by atoms with E-state index in [1.807, 2.05) is 0 Å². The third-order valence-corrected chi connectivity index (χ3v) is 14.7. The van der Waals surface area contributed by atoms with Gasteiger partial charge in [-0.15, -0.1) is 0 Å². The molecule has 13 aromatic rings. The van der Waals surface area contributed by atoms with Crippen LogP contribution < -0.4 is 0 Å². The maximum absolute atomic E-state index is 7.20. The first-order valence-corrected chi connectivity index (χ1v) is 24.0. The van der Waals surface area contributed by atoms with Gasteiger partial charge in [0.05, 0.1) is 16.7 Å². The molecule has 0 aliphatic heterocycles. The van der Waals surface area contributed by atoms with Gasteiger partial charge < -0.3 is 8.98 Å². The molecule has 2 nitrogen and oxygen atoms in total. The van der Waals surface area contributed by atoms with Crippen molar-refractivity contribution in [2.24, 2.45) is 0 Å². The Hall–Kier alpha value is -7.94. The van der Waals surface area contributed by atoms with Gasteiger partial charge in [-0.25, -0.2) is 0 Å². The molecule has 326 valence electrons. The summed E-state index contributed by atoms with van der Waals surface area (Å²) in [5.74, 6) is 0. The van der Waals surface area contributed by atoms with Gasteiger partial charge in [0.25, 0.3) is 0 Å². The van der Waals surface area contributed by atoms with Crippen LogP contribution in [0.4, 0.5) is 0 Å². The van der Waals surface area contributed by atoms with Crippen LogP contribution in [0.5, 0.6) is 0 Å². The summed E-state index contributed by atoms with van der Waals surface area (Å²) in [5, 5.41) is 14.5. The number of benzene rings is 11. The molecule has 0 unspecified atom stereocenters. The first kappa shape index (κ1) is 40.3. The summed E-state index contributed by atoms with van der Waals surface area (Å²) in [7, 11) is 0. The van der Waals surface area contributed by atoms with Crippen LogP contribution in [0.2, 0.25) is 0 Å². The van der Waals surface area contributed by atoms with Crippen LogP contribution >= 0.6 is 0 Å². The fraction of sp³-hybridized carbons (Fsp3) is 0.121. The largest absolute Gasteiger partial charge is 0.455 e. The highest BCUT2D eigenvalue weighted by atomic mass is 16.3. The second kappa shape index (κ2) is 14.8. The van der Waals surface area contributed by atoms with E-state index in [1.165, 1.54) is 104 Å². The zero-order chi connectivity index (χ0) is 46.1. The fourth-order valence-corrected chi connectivity index (χ4v) is 11.3. The lowest BCUT2D eigenvalue weighted by molar-refractivity contribution is 0.590. The quantitative estimate of drug-likeness (QED) is 0.161. The van der Waals surface area contributed by atoms with Gasteiger partial charge in [0.2, 0.25) is 0 Å². The Morgan fingerprint density at radius 3 is 1.26 bits per heavy atom. The SMILES string of the molecule is CC(C)(C)c1ccc2c(c1)c1cc(C(C)(C)C)ccc1n2-c1c2ccccc2c(-c2cccc3c2oc2cc(-c4c5ccccc5c(-c5ccccc5)c5ccccc45)ccc23)c2ccccc12. The summed E-state index contributed by atoms with van der Waals surface area (Å²) < 4.78 is 9.75. The van der Waals surface area contributed by atoms with Crippen molar-refractivity contribution in [3.63, 3.8) is 0 Å². The zero-order valence-electron chi connectivity index (χ0n) is 39.4. The van der Waals surface area contributed by atoms with Crippen molar-refractivity contribution in [2.45, 2.75) is 52.4 Å². The van der Waals surface area contributed by atoms with Crippen LogP contribution in [0.25, 0.3) is 126 Å². The van der Waals surface area contributed by atoms with E-state index in [4.69, 9.17) is 4.42 Å². The summed E-state index contributed by atoms with van der Waals surface area (Å²) in [6, 6.07) is 74.3. The number of hydrogen-bond donors (Lipinski definition) is 0. The van der Waals surface area contributed by atoms with Gasteiger partial charge in [0.1, 0.15) is 11.2 Å². The molecule has 0 spiro atoms. The van der Waals surface area contributed by atoms with Crippen molar-refractivity contribution < 1.29 is 4.42 Å². The standard InChI is InChI=1S/C66H51NO/c1-65(2,3)42-32-35-57-55(38-42)56-39-43(66(4,5)6)33-36-58(56)67(57)63-51-27-16-14-25-49(51)62(50-26-15-17-28-52(50)63)54-30-18-29-53-44-34-31-41(37-59(44)68-64(53)54)61-47-23-12-10-21-45(47)60(40-19-8-7-9-20-40)46-22-11-13-24-48(46)61/h7-39H,1-6H3. The minimum Gasteiger partial charge on any atom is -0.455 e. The Labute approximate surface area is 396 Å². The topological polar surface area (TPSA) is 18.1 Å². The summed E-state index contributed by atoms with van der Waals surface area (Å²) in [6.45, 7) is 13.9. The molecule has 0 aliphatic carbocycles. The Morgan fingerprint density at radius 1 is 0.324 bits per heavy atom. The first-order valence-electron chi connectivity index (χ1n) is 24.0.